The molecule has 0 atom stereocenters. The maximum Gasteiger partial charge on any atom is 0.678 e. The number of para-hydroxylation sites is 2. The van der Waals surface area contributed by atoms with Crippen LogP contribution in [0.2, 0.25) is 10.0 Å². The molecular weight excluding hydrogens is 1620 g/mol. The van der Waals surface area contributed by atoms with Gasteiger partial charge < -0.3 is 22.8 Å². The van der Waals surface area contributed by atoms with Crippen LogP contribution in [-0.2, 0) is 22.4 Å². The number of aryl methyl sites for hydroxylation is 2. The number of rotatable bonds is 21. The number of aliphatic imine (C=N–C) groups is 1. The molecule has 14 nitrogen and oxygen atoms in total. The second-order valence-corrected chi connectivity index (χ2v) is 32.2. The van der Waals surface area contributed by atoms with E-state index in [1.165, 1.54) is 9.13 Å². The van der Waals surface area contributed by atoms with Gasteiger partial charge in [-0.25, -0.2) is 14.1 Å². The Kier molecular flexibility index (Phi) is 19.8. The van der Waals surface area contributed by atoms with Crippen LogP contribution in [0.3, 0.4) is 0 Å². The Morgan fingerprint density at radius 1 is 0.373 bits per heavy atom. The molecule has 21 rings (SSSR count). The summed E-state index contributed by atoms with van der Waals surface area (Å²) in [5, 5.41) is 8.36. The molecule has 0 unspecified atom stereocenters. The minimum Gasteiger partial charge on any atom is -0.456 e. The number of hydrogen-bond acceptors (Lipinski definition) is 11. The van der Waals surface area contributed by atoms with Gasteiger partial charge in [0, 0.05) is 100 Å². The molecule has 606 valence electrons. The third-order valence-corrected chi connectivity index (χ3v) is 24.5. The van der Waals surface area contributed by atoms with Crippen molar-refractivity contribution in [3.63, 3.8) is 0 Å². The van der Waals surface area contributed by atoms with Crippen molar-refractivity contribution < 1.29 is 36.5 Å². The molecule has 126 heavy (non-hydrogen) atoms. The van der Waals surface area contributed by atoms with Gasteiger partial charge in [0.15, 0.2) is 0 Å². The van der Waals surface area contributed by atoms with Crippen LogP contribution >= 0.6 is 23.2 Å². The average Bonchev–Trinajstić information content (AvgIpc) is 0.916. The van der Waals surface area contributed by atoms with Gasteiger partial charge in [-0.3, -0.25) is 37.4 Å². The van der Waals surface area contributed by atoms with Gasteiger partial charge in [-0.05, 0) is 208 Å². The van der Waals surface area contributed by atoms with Crippen molar-refractivity contribution in [3.05, 3.63) is 424 Å². The molecule has 0 aliphatic carbocycles. The fraction of sp³-hybridized carbons (Fsp3) is 0.0561. The van der Waals surface area contributed by atoms with Crippen molar-refractivity contribution in [1.82, 2.24) is 13.6 Å². The van der Waals surface area contributed by atoms with Crippen molar-refractivity contribution in [1.29, 1.82) is 0 Å². The Morgan fingerprint density at radius 2 is 0.770 bits per heavy atom. The predicted octanol–water partition coefficient (Wildman–Crippen LogP) is 24.7. The van der Waals surface area contributed by atoms with E-state index >= 15 is 8.63 Å². The lowest BCUT2D eigenvalue weighted by molar-refractivity contribution is -0.135. The first-order valence-electron chi connectivity index (χ1n) is 41.3. The van der Waals surface area contributed by atoms with Crippen molar-refractivity contribution in [3.8, 4) is 67.5 Å². The topological polar surface area (TPSA) is 174 Å². The highest BCUT2D eigenvalue weighted by Crippen LogP contribution is 2.50. The highest BCUT2D eigenvalue weighted by molar-refractivity contribution is 6.43. The van der Waals surface area contributed by atoms with Crippen LogP contribution in [0.15, 0.2) is 372 Å². The summed E-state index contributed by atoms with van der Waals surface area (Å²) in [7, 11) is -3.11. The molecule has 1 aliphatic heterocycles. The fourth-order valence-electron chi connectivity index (χ4n) is 17.9. The highest BCUT2D eigenvalue weighted by Gasteiger charge is 2.36. The van der Waals surface area contributed by atoms with Crippen LogP contribution < -0.4 is 31.7 Å². The van der Waals surface area contributed by atoms with Gasteiger partial charge in [0.1, 0.15) is 33.8 Å². The number of esters is 2. The van der Waals surface area contributed by atoms with Crippen LogP contribution in [0.5, 0.6) is 11.5 Å². The van der Waals surface area contributed by atoms with E-state index in [1.807, 2.05) is 212 Å². The van der Waals surface area contributed by atoms with Gasteiger partial charge in [-0.15, -0.1) is 0 Å². The van der Waals surface area contributed by atoms with Gasteiger partial charge in [-0.2, -0.15) is 0 Å². The van der Waals surface area contributed by atoms with Crippen LogP contribution in [0.4, 0.5) is 8.63 Å². The number of benzene rings is 15. The van der Waals surface area contributed by atoms with Crippen LogP contribution in [0.1, 0.15) is 59.2 Å². The Bertz CT molecular complexity index is 8090. The van der Waals surface area contributed by atoms with E-state index < -0.39 is 41.6 Å². The minimum absolute atomic E-state index is 0.123. The molecule has 0 saturated carbocycles. The number of hydrogen-bond donors (Lipinski definition) is 0. The number of carbonyl (C=O) groups is 2. The number of carbonyl (C=O) groups excluding carboxylic acids is 2. The quantitative estimate of drug-likeness (QED) is 0.0221. The zero-order valence-electron chi connectivity index (χ0n) is 67.0. The van der Waals surface area contributed by atoms with Gasteiger partial charge in [0.2, 0.25) is 0 Å². The lowest BCUT2D eigenvalue weighted by Gasteiger charge is -2.21. The fourth-order valence-corrected chi connectivity index (χ4v) is 18.5. The maximum atomic E-state index is 16.9. The minimum atomic E-state index is -3.11. The van der Waals surface area contributed by atoms with Gasteiger partial charge in [0.25, 0.3) is 22.2 Å². The molecule has 0 amide bonds. The Labute approximate surface area is 727 Å². The maximum absolute atomic E-state index is 16.9. The van der Waals surface area contributed by atoms with E-state index in [0.717, 1.165) is 81.3 Å². The Hall–Kier alpha value is -15.4. The van der Waals surface area contributed by atoms with Gasteiger partial charge in [0.05, 0.1) is 38.5 Å². The number of halogens is 4. The highest BCUT2D eigenvalue weighted by atomic mass is 35.5. The second-order valence-electron chi connectivity index (χ2n) is 31.4. The predicted molar refractivity (Wildman–Crippen MR) is 500 cm³/mol. The molecule has 0 spiro atoms. The molecule has 0 N–H and O–H groups in total. The Morgan fingerprint density at radius 3 is 1.22 bits per heavy atom. The zero-order chi connectivity index (χ0) is 85.5. The van der Waals surface area contributed by atoms with E-state index in [0.29, 0.717) is 142 Å². The average molecular weight is 1690 g/mol. The van der Waals surface area contributed by atoms with E-state index in [9.17, 15) is 28.8 Å². The smallest absolute Gasteiger partial charge is 0.456 e. The second kappa shape index (κ2) is 32.1. The largest absolute Gasteiger partial charge is 0.678 e. The standard InChI is InChI=1S/C107H67BCl2F2N4O10/c109-86-22-13-23-87(110)100(86)101(102-84(68-16-3-1-4-17-68)60-88(113-102)70-36-32-64(33-37-70)66-40-48-74(49-41-66)123-94(117)26-11-14-62-28-44-72(45-29-62)114-104(119)80-54-52-78-76-20-7-9-24-90(76)125-92-58-56-82(106(114)121)96(80)98(78)92)103-85(69-18-5-2-6-19-69)61-89(116(103)108(111)112)71-38-34-65(35-39-71)67-42-50-75(51-43-67)124-95(118)27-12-15-63-30-46-73(47-31-63)115-105(120)81-55-53-79-77-21-8-10-25-91(77)126-93-59-57-83(107(115)122)97(81)99(79)93/h1-10,13,16-25,28-61H,11-12,14-15,26-27H2/b102-101-. The monoisotopic (exact) mass is 1690 g/mol. The van der Waals surface area contributed by atoms with Crippen LogP contribution in [0, 0.1) is 0 Å². The van der Waals surface area contributed by atoms with E-state index in [2.05, 4.69) is 0 Å². The third kappa shape index (κ3) is 13.9. The summed E-state index contributed by atoms with van der Waals surface area (Å²) >= 11 is 14.6. The van der Waals surface area contributed by atoms with Crippen molar-refractivity contribution in [2.45, 2.75) is 38.5 Å². The lowest BCUT2D eigenvalue weighted by atomic mass is 9.90. The van der Waals surface area contributed by atoms with E-state index in [4.69, 9.17) is 46.5 Å². The van der Waals surface area contributed by atoms with E-state index in [1.54, 1.807) is 121 Å². The number of allylic oxidation sites excluding steroid dienone is 2. The van der Waals surface area contributed by atoms with Crippen molar-refractivity contribution in [2.24, 2.45) is 4.99 Å². The van der Waals surface area contributed by atoms with Crippen molar-refractivity contribution >= 4 is 146 Å². The number of pyridine rings is 2. The lowest BCUT2D eigenvalue weighted by Crippen LogP contribution is -2.31. The third-order valence-electron chi connectivity index (χ3n) is 23.9. The molecule has 0 radical (unpaired) electrons. The normalized spacial score (nSPS) is 12.7. The first-order chi connectivity index (χ1) is 61.6. The molecule has 20 aromatic rings. The summed E-state index contributed by atoms with van der Waals surface area (Å²) in [5.41, 5.74) is 12.5. The molecule has 0 saturated heterocycles. The molecule has 5 aromatic heterocycles. The molecule has 1 aliphatic rings. The number of fused-ring (bicyclic) bond motifs is 4. The SMILES string of the molecule is O=C(CCCc1ccc(-n2c(=O)c3ccc4oc5ccccc5c5ccc(c2=O)c3c45)cc1)Oc1ccc(-c2ccc(C3=N/C(=C(/c4c(Cl)cccc4Cl)c4c(-c5ccccc5)cc(-c5ccc(-c6ccc(OC(=O)CCCc7ccc(-n8c(=O)c9ccc%10oc%11ccccc%11c%11ccc(c8=O)c9c%10%11)cc7)cc6)cc5)n4B(F)F)C(c4ccccc4)=C3)cc2)cc1. The first-order valence-corrected chi connectivity index (χ1v) is 42.0. The summed E-state index contributed by atoms with van der Waals surface area (Å²) < 4.78 is 61.3. The summed E-state index contributed by atoms with van der Waals surface area (Å²) in [5.74, 6) is -0.0830. The number of aromatic nitrogens is 3. The summed E-state index contributed by atoms with van der Waals surface area (Å²) in [6.07, 6.45) is 4.27. The summed E-state index contributed by atoms with van der Waals surface area (Å²) in [6, 6.07) is 99.6. The summed E-state index contributed by atoms with van der Waals surface area (Å²) in [4.78, 5) is 88.7. The molecule has 19 heteroatoms. The summed E-state index contributed by atoms with van der Waals surface area (Å²) in [6.45, 7) is 0. The molecule has 6 heterocycles. The molecular formula is C107H67BCl2F2N4O10. The first kappa shape index (κ1) is 77.9. The van der Waals surface area contributed by atoms with Gasteiger partial charge in [-0.1, -0.05) is 236 Å². The van der Waals surface area contributed by atoms with Gasteiger partial charge >= 0.3 is 19.3 Å². The Balaban J connectivity index is 0.501. The van der Waals surface area contributed by atoms with Crippen LogP contribution in [0.25, 0.3) is 154 Å². The molecule has 0 fully saturated rings. The van der Waals surface area contributed by atoms with Crippen LogP contribution in [-0.4, -0.2) is 38.7 Å². The molecule has 0 bridgehead atoms. The zero-order valence-corrected chi connectivity index (χ0v) is 68.5. The van der Waals surface area contributed by atoms with E-state index in [-0.39, 0.29) is 39.8 Å². The number of nitrogens with zero attached hydrogens (tertiary/aromatic N) is 4. The number of ether oxygens (including phenoxy) is 2. The molecule has 15 aromatic carbocycles. The van der Waals surface area contributed by atoms with Crippen molar-refractivity contribution in [2.75, 3.05) is 0 Å².